The molecule has 6 rings (SSSR count). The number of nitrogens with zero attached hydrogens (tertiary/aromatic N) is 2. The molecule has 502 valence electrons. The number of unbranched alkanes of at least 4 members (excludes halogenated alkanes) is 6. The van der Waals surface area contributed by atoms with Gasteiger partial charge in [-0.3, -0.25) is 9.59 Å². The summed E-state index contributed by atoms with van der Waals surface area (Å²) in [4.78, 5) is 32.9. The molecule has 3 aliphatic rings. The monoisotopic (exact) mass is 1290 g/mol. The number of carbonyl (C=O) groups excluding carboxylic acids is 2. The standard InChI is InChI=1S/C65H102N2O13P.F6P/c1-14-53-65(10,74)58(70)47(6)67(54(68)37-29-18-16-15-17-19-30-38-81(49-31-23-20-24-32-49,50-33-25-21-26-34-50)51-35-27-22-28-36-51)42-43(2)40-63(8,73)60(80-62-56(69)52(66(11)12)39-44(3)76-62)45(4)57(46(5)61(72)78-53)79-55-41-64(9,75-13)59(71)48(7)77-55;1-7(2,3,4,5)6/h20-28,31-36,43-48,52-53,55-60,62,69-71,73-74H,14-19,29-30,37-42H2,1-13H3;/q+1;-1/t43-,44-,45+,46-,47-,48+,52+,53-,55+,56-,57+,58-,59+,60-,62+,63-,64-,65-;/m1./s1. The van der Waals surface area contributed by atoms with E-state index in [1.54, 1.807) is 53.4 Å². The molecule has 3 aliphatic heterocycles. The SMILES string of the molecule is CC[C@H]1OC(=O)[C@H](C)[C@@H](O[C@H]2C[C@@](C)(OC)[C@@H](O)[C@H](C)O2)[C@H](C)[C@@H](O[C@@H]2O[C@H](C)C[C@H](N(C)C)[C@H]2O)[C@](C)(O)C[C@@H](C)CN(C(=O)CCCCCCCCC[P+](c2ccccc2)(c2ccccc2)c2ccccc2)[C@H](C)[C@@H](O)[C@]1(C)O.F[P-](F)(F)(F)(F)F. The van der Waals surface area contributed by atoms with E-state index < -0.39 is 117 Å². The van der Waals surface area contributed by atoms with Crippen LogP contribution in [0.4, 0.5) is 25.2 Å². The van der Waals surface area contributed by atoms with Gasteiger partial charge in [0.2, 0.25) is 5.91 Å². The van der Waals surface area contributed by atoms with Gasteiger partial charge in [0.05, 0.1) is 53.7 Å². The van der Waals surface area contributed by atoms with E-state index in [4.69, 9.17) is 28.4 Å². The van der Waals surface area contributed by atoms with Crippen LogP contribution in [0.15, 0.2) is 91.0 Å². The summed E-state index contributed by atoms with van der Waals surface area (Å²) in [5, 5.41) is 64.7. The van der Waals surface area contributed by atoms with Crippen LogP contribution in [0.3, 0.4) is 0 Å². The van der Waals surface area contributed by atoms with Gasteiger partial charge in [0, 0.05) is 38.5 Å². The third kappa shape index (κ3) is 20.8. The number of ether oxygens (including phenoxy) is 6. The van der Waals surface area contributed by atoms with Crippen LogP contribution in [0.1, 0.15) is 146 Å². The summed E-state index contributed by atoms with van der Waals surface area (Å²) < 4.78 is 97.5. The number of methoxy groups -OCH3 is 1. The fourth-order valence-electron chi connectivity index (χ4n) is 13.4. The number of likely N-dealkylation sites (N-methyl/N-ethyl adjacent to an activating group) is 1. The average molecular weight is 1300 g/mol. The Hall–Kier alpha value is -3.40. The summed E-state index contributed by atoms with van der Waals surface area (Å²) in [6.45, 7) is 17.4. The zero-order valence-electron chi connectivity index (χ0n) is 53.8. The molecule has 0 saturated carbocycles. The summed E-state index contributed by atoms with van der Waals surface area (Å²) in [6.07, 6.45) is -1.47. The Morgan fingerprint density at radius 1 is 0.727 bits per heavy atom. The Bertz CT molecular complexity index is 2510. The number of aliphatic hydroxyl groups excluding tert-OH is 3. The van der Waals surface area contributed by atoms with Crippen LogP contribution in [-0.4, -0.2) is 171 Å². The Balaban J connectivity index is 0.00000190. The number of hydrogen-bond acceptors (Lipinski definition) is 14. The van der Waals surface area contributed by atoms with E-state index in [0.29, 0.717) is 12.8 Å². The molecule has 0 bridgehead atoms. The molecule has 5 N–H and O–H groups in total. The first kappa shape index (κ1) is 75.3. The summed E-state index contributed by atoms with van der Waals surface area (Å²) in [6, 6.07) is 31.7. The van der Waals surface area contributed by atoms with Gasteiger partial charge >= 0.3 is 39.0 Å². The predicted octanol–water partition coefficient (Wildman–Crippen LogP) is 11.3. The summed E-state index contributed by atoms with van der Waals surface area (Å²) in [5.41, 5.74) is -4.81. The maximum atomic E-state index is 14.7. The van der Waals surface area contributed by atoms with Crippen LogP contribution in [0.2, 0.25) is 0 Å². The molecule has 0 aliphatic carbocycles. The molecule has 3 heterocycles. The van der Waals surface area contributed by atoms with Gasteiger partial charge in [0.15, 0.2) is 12.6 Å². The molecule has 15 nitrogen and oxygen atoms in total. The van der Waals surface area contributed by atoms with Gasteiger partial charge in [-0.15, -0.1) is 0 Å². The Morgan fingerprint density at radius 2 is 1.22 bits per heavy atom. The fraction of sp³-hybridized carbons (Fsp3) is 0.692. The van der Waals surface area contributed by atoms with E-state index in [-0.39, 0.29) is 50.3 Å². The predicted molar refractivity (Wildman–Crippen MR) is 334 cm³/mol. The second-order valence-corrected chi connectivity index (χ2v) is 31.5. The van der Waals surface area contributed by atoms with Crippen LogP contribution < -0.4 is 15.9 Å². The summed E-state index contributed by atoms with van der Waals surface area (Å²) in [7, 11) is -7.29. The number of cyclic esters (lactones) is 1. The van der Waals surface area contributed by atoms with Gasteiger partial charge in [-0.1, -0.05) is 101 Å². The molecule has 0 aromatic heterocycles. The minimum absolute atomic E-state index is 0.0691. The molecule has 0 unspecified atom stereocenters. The van der Waals surface area contributed by atoms with Gasteiger partial charge in [-0.05, 0) is 143 Å². The second kappa shape index (κ2) is 30.6. The van der Waals surface area contributed by atoms with Crippen molar-refractivity contribution in [3.8, 4) is 0 Å². The van der Waals surface area contributed by atoms with Gasteiger partial charge in [-0.2, -0.15) is 0 Å². The van der Waals surface area contributed by atoms with Crippen molar-refractivity contribution >= 4 is 42.9 Å². The molecule has 23 heteroatoms. The van der Waals surface area contributed by atoms with Crippen molar-refractivity contribution < 1.29 is 88.7 Å². The van der Waals surface area contributed by atoms with E-state index in [9.17, 15) is 60.3 Å². The first-order valence-electron chi connectivity index (χ1n) is 31.2. The zero-order chi connectivity index (χ0) is 65.9. The van der Waals surface area contributed by atoms with Gasteiger partial charge in [0.1, 0.15) is 53.2 Å². The molecule has 0 spiro atoms. The maximum absolute atomic E-state index is 14.7. The molecule has 3 fully saturated rings. The van der Waals surface area contributed by atoms with E-state index in [0.717, 1.165) is 44.7 Å². The average Bonchev–Trinajstić information content (AvgIpc) is 0.938. The van der Waals surface area contributed by atoms with E-state index in [1.807, 2.05) is 32.8 Å². The molecule has 0 radical (unpaired) electrons. The first-order valence-corrected chi connectivity index (χ1v) is 35.2. The van der Waals surface area contributed by atoms with Crippen LogP contribution >= 0.6 is 15.1 Å². The second-order valence-electron chi connectivity index (χ2n) is 26.0. The van der Waals surface area contributed by atoms with Gasteiger partial charge in [-0.25, -0.2) is 0 Å². The van der Waals surface area contributed by atoms with Crippen molar-refractivity contribution in [3.63, 3.8) is 0 Å². The Morgan fingerprint density at radius 3 is 1.69 bits per heavy atom. The van der Waals surface area contributed by atoms with E-state index in [2.05, 4.69) is 91.0 Å². The summed E-state index contributed by atoms with van der Waals surface area (Å²) >= 11 is 0. The number of benzene rings is 3. The molecule has 3 aromatic carbocycles. The van der Waals surface area contributed by atoms with Crippen LogP contribution in [0, 0.1) is 17.8 Å². The van der Waals surface area contributed by atoms with E-state index >= 15 is 0 Å². The number of hydrogen-bond donors (Lipinski definition) is 5. The molecule has 18 atom stereocenters. The number of amides is 1. The van der Waals surface area contributed by atoms with Crippen LogP contribution in [0.5, 0.6) is 0 Å². The molecular formula is C65H102F6N2O13P2. The van der Waals surface area contributed by atoms with Gasteiger partial charge < -0.3 is 63.8 Å². The number of esters is 1. The molecule has 3 aromatic rings. The van der Waals surface area contributed by atoms with Gasteiger partial charge in [0.25, 0.3) is 0 Å². The number of aliphatic hydroxyl groups is 5. The Kier molecular flexibility index (Phi) is 26.2. The minimum atomic E-state index is -10.7. The molecule has 1 amide bonds. The van der Waals surface area contributed by atoms with Crippen molar-refractivity contribution in [1.82, 2.24) is 9.80 Å². The van der Waals surface area contributed by atoms with Crippen LogP contribution in [-0.2, 0) is 38.0 Å². The van der Waals surface area contributed by atoms with Crippen molar-refractivity contribution in [2.75, 3.05) is 33.9 Å². The van der Waals surface area contributed by atoms with Crippen molar-refractivity contribution in [2.45, 2.75) is 237 Å². The molecule has 3 saturated heterocycles. The molecule has 88 heavy (non-hydrogen) atoms. The zero-order valence-corrected chi connectivity index (χ0v) is 55.6. The molecular weight excluding hydrogens is 1190 g/mol. The van der Waals surface area contributed by atoms with Crippen molar-refractivity contribution in [2.24, 2.45) is 17.8 Å². The number of rotatable bonds is 20. The van der Waals surface area contributed by atoms with Crippen molar-refractivity contribution in [1.29, 1.82) is 0 Å². The third-order valence-corrected chi connectivity index (χ3v) is 22.7. The van der Waals surface area contributed by atoms with Crippen molar-refractivity contribution in [3.05, 3.63) is 91.0 Å². The number of halogens is 6. The summed E-state index contributed by atoms with van der Waals surface area (Å²) in [5.74, 6) is -3.29. The van der Waals surface area contributed by atoms with E-state index in [1.165, 1.54) is 29.9 Å². The topological polar surface area (TPSA) is 197 Å². The van der Waals surface area contributed by atoms with Crippen LogP contribution in [0.25, 0.3) is 0 Å². The first-order chi connectivity index (χ1) is 40.8. The normalized spacial score (nSPS) is 34.9. The Labute approximate surface area is 518 Å². The quantitative estimate of drug-likeness (QED) is 0.0310. The number of carbonyl (C=O) groups is 2. The third-order valence-electron chi connectivity index (χ3n) is 18.2. The fourth-order valence-corrected chi connectivity index (χ4v) is 17.8.